The highest BCUT2D eigenvalue weighted by atomic mass is 32.1. The molecule has 0 N–H and O–H groups in total. The third-order valence-corrected chi connectivity index (χ3v) is 3.06. The van der Waals surface area contributed by atoms with Crippen molar-refractivity contribution in [2.24, 2.45) is 0 Å². The minimum absolute atomic E-state index is 0.548. The molecule has 0 aliphatic rings. The van der Waals surface area contributed by atoms with Crippen molar-refractivity contribution in [2.45, 2.75) is 18.9 Å². The molecule has 18 heavy (non-hydrogen) atoms. The minimum Gasteiger partial charge on any atom is -0.238 e. The van der Waals surface area contributed by atoms with Gasteiger partial charge in [-0.2, -0.15) is 30.9 Å². The standard InChI is InChI=1S/C12H11F3N2S/c1-8-9(7-18)6-16-17(8)11-4-2-10(3-5-11)12(13,14)15/h2-6,18H,7H2,1H3. The van der Waals surface area contributed by atoms with Gasteiger partial charge in [-0.15, -0.1) is 0 Å². The predicted octanol–water partition coefficient (Wildman–Crippen LogP) is 3.63. The van der Waals surface area contributed by atoms with Gasteiger partial charge in [0.25, 0.3) is 0 Å². The summed E-state index contributed by atoms with van der Waals surface area (Å²) in [6, 6.07) is 4.92. The first-order chi connectivity index (χ1) is 8.43. The van der Waals surface area contributed by atoms with Crippen molar-refractivity contribution in [1.29, 1.82) is 0 Å². The van der Waals surface area contributed by atoms with Gasteiger partial charge in [0.1, 0.15) is 0 Å². The summed E-state index contributed by atoms with van der Waals surface area (Å²) in [6.45, 7) is 1.86. The van der Waals surface area contributed by atoms with E-state index in [4.69, 9.17) is 0 Å². The van der Waals surface area contributed by atoms with Crippen molar-refractivity contribution < 1.29 is 13.2 Å². The Balaban J connectivity index is 2.37. The topological polar surface area (TPSA) is 17.8 Å². The monoisotopic (exact) mass is 272 g/mol. The summed E-state index contributed by atoms with van der Waals surface area (Å²) >= 11 is 4.16. The van der Waals surface area contributed by atoms with Crippen molar-refractivity contribution in [3.8, 4) is 5.69 Å². The second-order valence-electron chi connectivity index (χ2n) is 3.87. The second kappa shape index (κ2) is 4.68. The van der Waals surface area contributed by atoms with E-state index >= 15 is 0 Å². The molecule has 0 aliphatic heterocycles. The molecule has 0 atom stereocenters. The molecule has 0 saturated heterocycles. The molecule has 0 amide bonds. The highest BCUT2D eigenvalue weighted by molar-refractivity contribution is 7.79. The summed E-state index contributed by atoms with van der Waals surface area (Å²) in [5.41, 5.74) is 1.78. The van der Waals surface area contributed by atoms with Crippen LogP contribution in [0.4, 0.5) is 13.2 Å². The van der Waals surface area contributed by atoms with Crippen LogP contribution in [0.2, 0.25) is 0 Å². The molecule has 0 saturated carbocycles. The summed E-state index contributed by atoms with van der Waals surface area (Å²) in [6.07, 6.45) is -2.64. The van der Waals surface area contributed by atoms with Gasteiger partial charge in [0, 0.05) is 17.0 Å². The largest absolute Gasteiger partial charge is 0.416 e. The lowest BCUT2D eigenvalue weighted by atomic mass is 10.2. The summed E-state index contributed by atoms with van der Waals surface area (Å²) in [5, 5.41) is 4.14. The number of hydrogen-bond acceptors (Lipinski definition) is 2. The van der Waals surface area contributed by atoms with Crippen LogP contribution in [0.1, 0.15) is 16.8 Å². The van der Waals surface area contributed by atoms with E-state index in [1.807, 2.05) is 6.92 Å². The fourth-order valence-electron chi connectivity index (χ4n) is 1.65. The molecule has 0 radical (unpaired) electrons. The Hall–Kier alpha value is -1.43. The Morgan fingerprint density at radius 2 is 1.83 bits per heavy atom. The fraction of sp³-hybridized carbons (Fsp3) is 0.250. The third-order valence-electron chi connectivity index (χ3n) is 2.72. The molecule has 2 aromatic rings. The van der Waals surface area contributed by atoms with Gasteiger partial charge < -0.3 is 0 Å². The first-order valence-corrected chi connectivity index (χ1v) is 5.88. The molecule has 0 bridgehead atoms. The van der Waals surface area contributed by atoms with Gasteiger partial charge >= 0.3 is 6.18 Å². The second-order valence-corrected chi connectivity index (χ2v) is 4.19. The Labute approximate surface area is 108 Å². The lowest BCUT2D eigenvalue weighted by molar-refractivity contribution is -0.137. The molecule has 0 unspecified atom stereocenters. The van der Waals surface area contributed by atoms with Crippen LogP contribution in [0.15, 0.2) is 30.5 Å². The predicted molar refractivity (Wildman–Crippen MR) is 66.0 cm³/mol. The van der Waals surface area contributed by atoms with Gasteiger partial charge in [0.2, 0.25) is 0 Å². The zero-order valence-electron chi connectivity index (χ0n) is 9.57. The van der Waals surface area contributed by atoms with E-state index in [9.17, 15) is 13.2 Å². The molecule has 0 aliphatic carbocycles. The number of rotatable bonds is 2. The summed E-state index contributed by atoms with van der Waals surface area (Å²) in [5.74, 6) is 0.548. The summed E-state index contributed by atoms with van der Waals surface area (Å²) < 4.78 is 38.9. The van der Waals surface area contributed by atoms with E-state index in [-0.39, 0.29) is 0 Å². The average Bonchev–Trinajstić information content (AvgIpc) is 2.69. The highest BCUT2D eigenvalue weighted by Crippen LogP contribution is 2.29. The number of nitrogens with zero attached hydrogens (tertiary/aromatic N) is 2. The van der Waals surface area contributed by atoms with Crippen LogP contribution < -0.4 is 0 Å². The summed E-state index contributed by atoms with van der Waals surface area (Å²) in [7, 11) is 0. The number of thiol groups is 1. The zero-order chi connectivity index (χ0) is 13.3. The molecule has 2 nitrogen and oxygen atoms in total. The Morgan fingerprint density at radius 3 is 2.28 bits per heavy atom. The molecule has 0 spiro atoms. The fourth-order valence-corrected chi connectivity index (χ4v) is 1.96. The quantitative estimate of drug-likeness (QED) is 0.826. The minimum atomic E-state index is -4.31. The van der Waals surface area contributed by atoms with Gasteiger partial charge in [0.05, 0.1) is 17.4 Å². The van der Waals surface area contributed by atoms with Crippen LogP contribution in [-0.4, -0.2) is 9.78 Å². The van der Waals surface area contributed by atoms with E-state index in [1.165, 1.54) is 12.1 Å². The van der Waals surface area contributed by atoms with E-state index in [1.54, 1.807) is 10.9 Å². The molecule has 1 heterocycles. The van der Waals surface area contributed by atoms with Crippen LogP contribution in [0, 0.1) is 6.92 Å². The van der Waals surface area contributed by atoms with Crippen LogP contribution >= 0.6 is 12.6 Å². The molecule has 0 fully saturated rings. The molecule has 1 aromatic heterocycles. The third kappa shape index (κ3) is 2.38. The Kier molecular flexibility index (Phi) is 3.38. The molecule has 2 rings (SSSR count). The Bertz CT molecular complexity index is 543. The van der Waals surface area contributed by atoms with Crippen LogP contribution in [0.5, 0.6) is 0 Å². The van der Waals surface area contributed by atoms with Crippen molar-refractivity contribution in [3.05, 3.63) is 47.3 Å². The van der Waals surface area contributed by atoms with E-state index < -0.39 is 11.7 Å². The van der Waals surface area contributed by atoms with E-state index in [0.717, 1.165) is 23.4 Å². The molecule has 96 valence electrons. The first-order valence-electron chi connectivity index (χ1n) is 5.25. The SMILES string of the molecule is Cc1c(CS)cnn1-c1ccc(C(F)(F)F)cc1. The Morgan fingerprint density at radius 1 is 1.22 bits per heavy atom. The van der Waals surface area contributed by atoms with Crippen LogP contribution in [0.25, 0.3) is 5.69 Å². The van der Waals surface area contributed by atoms with E-state index in [0.29, 0.717) is 11.4 Å². The zero-order valence-corrected chi connectivity index (χ0v) is 10.5. The first kappa shape index (κ1) is 13.0. The van der Waals surface area contributed by atoms with Crippen molar-refractivity contribution in [1.82, 2.24) is 9.78 Å². The number of alkyl halides is 3. The van der Waals surface area contributed by atoms with E-state index in [2.05, 4.69) is 17.7 Å². The average molecular weight is 272 g/mol. The maximum absolute atomic E-state index is 12.4. The molecule has 1 aromatic carbocycles. The lowest BCUT2D eigenvalue weighted by Crippen LogP contribution is -2.05. The maximum Gasteiger partial charge on any atom is 0.416 e. The van der Waals surface area contributed by atoms with Gasteiger partial charge in [-0.25, -0.2) is 4.68 Å². The van der Waals surface area contributed by atoms with Gasteiger partial charge in [-0.05, 0) is 31.2 Å². The van der Waals surface area contributed by atoms with Gasteiger partial charge in [-0.1, -0.05) is 0 Å². The number of hydrogen-bond donors (Lipinski definition) is 1. The normalized spacial score (nSPS) is 11.8. The van der Waals surface area contributed by atoms with Crippen molar-refractivity contribution >= 4 is 12.6 Å². The van der Waals surface area contributed by atoms with Crippen molar-refractivity contribution in [3.63, 3.8) is 0 Å². The lowest BCUT2D eigenvalue weighted by Gasteiger charge is -2.09. The molecule has 6 heteroatoms. The van der Waals surface area contributed by atoms with Gasteiger partial charge in [-0.3, -0.25) is 0 Å². The number of halogens is 3. The van der Waals surface area contributed by atoms with Crippen LogP contribution in [-0.2, 0) is 11.9 Å². The smallest absolute Gasteiger partial charge is 0.238 e. The molecular formula is C12H11F3N2S. The van der Waals surface area contributed by atoms with Crippen molar-refractivity contribution in [2.75, 3.05) is 0 Å². The number of aromatic nitrogens is 2. The molecular weight excluding hydrogens is 261 g/mol. The number of benzene rings is 1. The summed E-state index contributed by atoms with van der Waals surface area (Å²) in [4.78, 5) is 0. The van der Waals surface area contributed by atoms with Gasteiger partial charge in [0.15, 0.2) is 0 Å². The van der Waals surface area contributed by atoms with Crippen LogP contribution in [0.3, 0.4) is 0 Å². The maximum atomic E-state index is 12.4. The highest BCUT2D eigenvalue weighted by Gasteiger charge is 2.30.